The van der Waals surface area contributed by atoms with Gasteiger partial charge in [-0.15, -0.1) is 0 Å². The van der Waals surface area contributed by atoms with E-state index in [4.69, 9.17) is 10.1 Å². The van der Waals surface area contributed by atoms with Crippen molar-refractivity contribution in [3.05, 3.63) is 121 Å². The van der Waals surface area contributed by atoms with Crippen molar-refractivity contribution in [2.24, 2.45) is 0 Å². The smallest absolute Gasteiger partial charge is 0 e. The van der Waals surface area contributed by atoms with Gasteiger partial charge in [0, 0.05) is 26.2 Å². The molecule has 2 aromatic heterocycles. The average Bonchev–Trinajstić information content (AvgIpc) is 3.32. The predicted octanol–water partition coefficient (Wildman–Crippen LogP) is 10.1. The first kappa shape index (κ1) is 33.5. The monoisotopic (exact) mass is 837 g/mol. The summed E-state index contributed by atoms with van der Waals surface area (Å²) in [4.78, 5) is 16.2. The molecule has 1 radical (unpaired) electrons. The minimum atomic E-state index is -1.92. The topological polar surface area (TPSA) is 50.2 Å². The number of aliphatic hydroxyl groups excluding tert-OH is 1. The van der Waals surface area contributed by atoms with E-state index in [-0.39, 0.29) is 31.6 Å². The van der Waals surface area contributed by atoms with Crippen LogP contribution in [0.2, 0.25) is 17.3 Å². The Bertz CT molecular complexity index is 1950. The SMILES string of the molecule is CC(=O)/C=C(/C)O.Cc1c(-c2ccccc2)sc2[c-]c(-c3nccc4c[c]([Ge]([CH3])([CH3])[CH3])ccc34)cc(-c3ccccc3)c12.[Ir]. The van der Waals surface area contributed by atoms with E-state index in [1.54, 1.807) is 0 Å². The normalized spacial score (nSPS) is 11.5. The zero-order valence-electron chi connectivity index (χ0n) is 25.9. The summed E-state index contributed by atoms with van der Waals surface area (Å²) in [6, 6.07) is 36.6. The van der Waals surface area contributed by atoms with Crippen molar-refractivity contribution in [1.29, 1.82) is 0 Å². The summed E-state index contributed by atoms with van der Waals surface area (Å²) in [5.74, 6) is 7.27. The van der Waals surface area contributed by atoms with Gasteiger partial charge in [0.15, 0.2) is 5.78 Å². The second-order valence-corrected chi connectivity index (χ2v) is 23.5. The number of carbonyl (C=O) groups is 1. The van der Waals surface area contributed by atoms with Gasteiger partial charge in [0.1, 0.15) is 0 Å². The molecule has 0 saturated carbocycles. The van der Waals surface area contributed by atoms with Crippen LogP contribution in [0.3, 0.4) is 0 Å². The molecule has 44 heavy (non-hydrogen) atoms. The predicted molar refractivity (Wildman–Crippen MR) is 187 cm³/mol. The Balaban J connectivity index is 0.000000497. The van der Waals surface area contributed by atoms with Gasteiger partial charge in [0.2, 0.25) is 0 Å². The van der Waals surface area contributed by atoms with Crippen molar-refractivity contribution in [3.63, 3.8) is 0 Å². The van der Waals surface area contributed by atoms with Crippen LogP contribution in [0, 0.1) is 13.0 Å². The van der Waals surface area contributed by atoms with Crippen molar-refractivity contribution in [1.82, 2.24) is 4.98 Å². The molecule has 2 heterocycles. The van der Waals surface area contributed by atoms with Crippen molar-refractivity contribution in [2.45, 2.75) is 38.0 Å². The third-order valence-corrected chi connectivity index (χ3v) is 12.9. The van der Waals surface area contributed by atoms with Gasteiger partial charge < -0.3 is 5.11 Å². The number of nitrogens with zero attached hydrogens (tertiary/aromatic N) is 1. The van der Waals surface area contributed by atoms with Crippen LogP contribution in [-0.4, -0.2) is 29.1 Å². The molecule has 6 rings (SSSR count). The summed E-state index contributed by atoms with van der Waals surface area (Å²) in [5.41, 5.74) is 7.10. The summed E-state index contributed by atoms with van der Waals surface area (Å²) in [6.07, 6.45) is 3.12. The molecule has 3 nitrogen and oxygen atoms in total. The van der Waals surface area contributed by atoms with Gasteiger partial charge in [-0.25, -0.2) is 0 Å². The molecule has 0 bridgehead atoms. The first-order valence-corrected chi connectivity index (χ1v) is 22.6. The zero-order valence-corrected chi connectivity index (χ0v) is 31.2. The van der Waals surface area contributed by atoms with E-state index < -0.39 is 13.3 Å². The van der Waals surface area contributed by atoms with Crippen molar-refractivity contribution in [2.75, 3.05) is 0 Å². The number of aromatic nitrogens is 1. The number of aryl methyl sites for hydroxylation is 1. The third kappa shape index (κ3) is 7.47. The van der Waals surface area contributed by atoms with Crippen LogP contribution >= 0.6 is 11.3 Å². The summed E-state index contributed by atoms with van der Waals surface area (Å²) in [7, 11) is 0. The van der Waals surface area contributed by atoms with Crippen molar-refractivity contribution >= 4 is 55.6 Å². The molecule has 0 aliphatic rings. The molecule has 0 fully saturated rings. The van der Waals surface area contributed by atoms with Crippen LogP contribution in [-0.2, 0) is 24.9 Å². The second kappa shape index (κ2) is 14.2. The molecular weight excluding hydrogens is 799 g/mol. The maximum absolute atomic E-state index is 10.0. The largest absolute Gasteiger partial charge is 0 e. The van der Waals surface area contributed by atoms with Gasteiger partial charge in [-0.2, -0.15) is 0 Å². The first-order chi connectivity index (χ1) is 20.5. The molecule has 225 valence electrons. The molecule has 0 spiro atoms. The van der Waals surface area contributed by atoms with E-state index in [1.807, 2.05) is 17.5 Å². The average molecular weight is 836 g/mol. The number of ketones is 1. The van der Waals surface area contributed by atoms with Crippen LogP contribution in [0.1, 0.15) is 19.4 Å². The molecule has 4 aromatic carbocycles. The van der Waals surface area contributed by atoms with Crippen LogP contribution in [0.25, 0.3) is 53.7 Å². The Kier molecular flexibility index (Phi) is 10.8. The first-order valence-electron chi connectivity index (χ1n) is 14.4. The van der Waals surface area contributed by atoms with E-state index in [2.05, 4.69) is 121 Å². The van der Waals surface area contributed by atoms with E-state index in [0.29, 0.717) is 0 Å². The number of pyridine rings is 1. The molecule has 0 saturated heterocycles. The molecule has 6 aromatic rings. The maximum Gasteiger partial charge on any atom is 0 e. The van der Waals surface area contributed by atoms with E-state index in [0.717, 1.165) is 11.3 Å². The Morgan fingerprint density at radius 3 is 2.09 bits per heavy atom. The molecule has 0 unspecified atom stereocenters. The number of carbonyl (C=O) groups excluding carboxylic acids is 1. The fraction of sp³-hybridized carbons (Fsp3) is 0.158. The quantitative estimate of drug-likeness (QED) is 0.0815. The molecule has 1 N–H and O–H groups in total. The number of fused-ring (bicyclic) bond motifs is 2. The van der Waals surface area contributed by atoms with Gasteiger partial charge in [-0.3, -0.25) is 4.79 Å². The van der Waals surface area contributed by atoms with Gasteiger partial charge in [0.05, 0.1) is 5.76 Å². The van der Waals surface area contributed by atoms with Crippen molar-refractivity contribution in [3.8, 4) is 32.8 Å². The summed E-state index contributed by atoms with van der Waals surface area (Å²) >= 11 is -0.0944. The minimum absolute atomic E-state index is 0. The summed E-state index contributed by atoms with van der Waals surface area (Å²) < 4.78 is 2.70. The fourth-order valence-corrected chi connectivity index (χ4v) is 8.99. The Labute approximate surface area is 280 Å². The number of thiophene rings is 1. The zero-order chi connectivity index (χ0) is 30.7. The fourth-order valence-electron chi connectivity index (χ4n) is 5.29. The molecule has 0 aliphatic carbocycles. The third-order valence-electron chi connectivity index (χ3n) is 7.37. The van der Waals surface area contributed by atoms with Crippen LogP contribution < -0.4 is 4.40 Å². The Hall–Kier alpha value is -3.35. The summed E-state index contributed by atoms with van der Waals surface area (Å²) in [6.45, 7) is 5.09. The number of hydrogen-bond donors (Lipinski definition) is 1. The molecule has 6 heteroatoms. The second-order valence-electron chi connectivity index (χ2n) is 11.8. The number of allylic oxidation sites excluding steroid dienone is 2. The van der Waals surface area contributed by atoms with Gasteiger partial charge in [0.25, 0.3) is 0 Å². The molecular formula is C38H36GeIrNO2S-. The van der Waals surface area contributed by atoms with Gasteiger partial charge in [-0.05, 0) is 13.8 Å². The van der Waals surface area contributed by atoms with Crippen LogP contribution in [0.5, 0.6) is 0 Å². The number of aliphatic hydroxyl groups is 1. The summed E-state index contributed by atoms with van der Waals surface area (Å²) in [5, 5.41) is 12.1. The number of rotatable bonds is 5. The standard InChI is InChI=1S/C33H28GeNS.C5H8O2.Ir/c1-22-31-29(23-11-7-5-8-12-23)20-26(21-30(31)36-33(22)24-13-9-6-10-14-24)32-28-16-15-27(34(2,3)4)19-25(28)17-18-35-32;1-4(6)3-5(2)7;/h5-20H,1-4H3;3,6H,1-2H3;/q-1;;/b;4-3-;. The van der Waals surface area contributed by atoms with Crippen LogP contribution in [0.4, 0.5) is 0 Å². The molecule has 0 aliphatic heterocycles. The van der Waals surface area contributed by atoms with Crippen molar-refractivity contribution < 1.29 is 30.0 Å². The Morgan fingerprint density at radius 1 is 0.886 bits per heavy atom. The van der Waals surface area contributed by atoms with E-state index in [9.17, 15) is 4.79 Å². The molecule has 0 atom stereocenters. The Morgan fingerprint density at radius 2 is 1.52 bits per heavy atom. The van der Waals surface area contributed by atoms with Gasteiger partial charge in [-0.1, -0.05) is 18.2 Å². The molecule has 0 amide bonds. The number of hydrogen-bond acceptors (Lipinski definition) is 4. The van der Waals surface area contributed by atoms with Crippen LogP contribution in [0.15, 0.2) is 109 Å². The number of benzene rings is 4. The maximum atomic E-state index is 10.0. The van der Waals surface area contributed by atoms with E-state index >= 15 is 0 Å². The van der Waals surface area contributed by atoms with Gasteiger partial charge >= 0.3 is 202 Å². The minimum Gasteiger partial charge on any atom is 0 e. The van der Waals surface area contributed by atoms with E-state index in [1.165, 1.54) is 72.3 Å².